The molecule has 25 heavy (non-hydrogen) atoms. The Morgan fingerprint density at radius 1 is 1.32 bits per heavy atom. The molecule has 130 valence electrons. The molecule has 1 aromatic carbocycles. The van der Waals surface area contributed by atoms with Crippen LogP contribution in [0, 0.1) is 0 Å². The van der Waals surface area contributed by atoms with Gasteiger partial charge in [0, 0.05) is 22.3 Å². The molecule has 0 aliphatic heterocycles. The summed E-state index contributed by atoms with van der Waals surface area (Å²) in [5.41, 5.74) is 2.80. The number of furan rings is 1. The first-order valence-electron chi connectivity index (χ1n) is 8.21. The highest BCUT2D eigenvalue weighted by molar-refractivity contribution is 7.13. The number of hydrogen-bond acceptors (Lipinski definition) is 5. The van der Waals surface area contributed by atoms with Crippen molar-refractivity contribution in [3.05, 3.63) is 47.0 Å². The third-order valence-electron chi connectivity index (χ3n) is 3.72. The molecular weight excluding hydrogens is 334 g/mol. The molecule has 2 aromatic heterocycles. The second kappa shape index (κ2) is 6.84. The van der Waals surface area contributed by atoms with Crippen LogP contribution in [0.3, 0.4) is 0 Å². The van der Waals surface area contributed by atoms with Crippen molar-refractivity contribution in [3.8, 4) is 10.8 Å². The largest absolute Gasteiger partial charge is 0.463 e. The molecule has 0 aliphatic rings. The van der Waals surface area contributed by atoms with Crippen molar-refractivity contribution >= 4 is 34.4 Å². The monoisotopic (exact) mass is 355 g/mol. The van der Waals surface area contributed by atoms with Gasteiger partial charge in [-0.05, 0) is 36.8 Å². The number of fused-ring (bicyclic) bond motifs is 1. The number of rotatable bonds is 4. The molecule has 4 nitrogen and oxygen atoms in total. The number of ether oxygens (including phenoxy) is 1. The van der Waals surface area contributed by atoms with Crippen molar-refractivity contribution in [1.82, 2.24) is 4.98 Å². The number of carbonyl (C=O) groups excluding carboxylic acids is 1. The van der Waals surface area contributed by atoms with E-state index in [1.165, 1.54) is 6.08 Å². The summed E-state index contributed by atoms with van der Waals surface area (Å²) in [6.45, 7) is 8.60. The Bertz CT molecular complexity index is 928. The first kappa shape index (κ1) is 17.4. The summed E-state index contributed by atoms with van der Waals surface area (Å²) in [6.07, 6.45) is 3.17. The van der Waals surface area contributed by atoms with Crippen LogP contribution < -0.4 is 0 Å². The SMILES string of the molecule is CCOC(=O)/C=C/c1ccc2oc(-c3nc(C(C)(C)C)cs3)cc2c1. The zero-order valence-corrected chi connectivity index (χ0v) is 15.6. The van der Waals surface area contributed by atoms with Crippen LogP contribution >= 0.6 is 11.3 Å². The van der Waals surface area contributed by atoms with Crippen LogP contribution in [0.4, 0.5) is 0 Å². The topological polar surface area (TPSA) is 52.3 Å². The number of carbonyl (C=O) groups is 1. The Kier molecular flexibility index (Phi) is 4.77. The maximum atomic E-state index is 11.4. The second-order valence-electron chi connectivity index (χ2n) is 6.78. The summed E-state index contributed by atoms with van der Waals surface area (Å²) in [6, 6.07) is 7.79. The van der Waals surface area contributed by atoms with Gasteiger partial charge in [0.05, 0.1) is 12.3 Å². The van der Waals surface area contributed by atoms with Gasteiger partial charge < -0.3 is 9.15 Å². The van der Waals surface area contributed by atoms with Crippen LogP contribution in [-0.2, 0) is 14.9 Å². The highest BCUT2D eigenvalue weighted by Gasteiger charge is 2.19. The number of esters is 1. The maximum Gasteiger partial charge on any atom is 0.330 e. The second-order valence-corrected chi connectivity index (χ2v) is 7.64. The van der Waals surface area contributed by atoms with E-state index in [9.17, 15) is 4.79 Å². The summed E-state index contributed by atoms with van der Waals surface area (Å²) < 4.78 is 10.8. The average Bonchev–Trinajstić information content (AvgIpc) is 3.18. The van der Waals surface area contributed by atoms with Crippen LogP contribution in [0.2, 0.25) is 0 Å². The Hall–Kier alpha value is -2.40. The van der Waals surface area contributed by atoms with E-state index >= 15 is 0 Å². The van der Waals surface area contributed by atoms with Crippen LogP contribution in [0.15, 0.2) is 40.1 Å². The van der Waals surface area contributed by atoms with E-state index in [0.29, 0.717) is 6.61 Å². The van der Waals surface area contributed by atoms with Gasteiger partial charge >= 0.3 is 5.97 Å². The van der Waals surface area contributed by atoms with E-state index in [4.69, 9.17) is 14.1 Å². The molecule has 0 amide bonds. The minimum absolute atomic E-state index is 0.0197. The molecule has 2 heterocycles. The van der Waals surface area contributed by atoms with Crippen molar-refractivity contribution < 1.29 is 13.9 Å². The predicted molar refractivity (Wildman–Crippen MR) is 102 cm³/mol. The zero-order chi connectivity index (χ0) is 18.0. The van der Waals surface area contributed by atoms with Gasteiger partial charge in [-0.15, -0.1) is 11.3 Å². The molecule has 0 saturated carbocycles. The van der Waals surface area contributed by atoms with Gasteiger partial charge in [0.2, 0.25) is 0 Å². The smallest absolute Gasteiger partial charge is 0.330 e. The summed E-state index contributed by atoms with van der Waals surface area (Å²) in [7, 11) is 0. The fourth-order valence-electron chi connectivity index (χ4n) is 2.36. The normalized spacial score (nSPS) is 12.2. The number of nitrogens with zero attached hydrogens (tertiary/aromatic N) is 1. The molecule has 0 saturated heterocycles. The molecule has 0 fully saturated rings. The molecule has 0 radical (unpaired) electrons. The minimum atomic E-state index is -0.340. The summed E-state index contributed by atoms with van der Waals surface area (Å²) in [4.78, 5) is 16.1. The number of benzene rings is 1. The summed E-state index contributed by atoms with van der Waals surface area (Å²) in [5.74, 6) is 0.426. The maximum absolute atomic E-state index is 11.4. The molecular formula is C20H21NO3S. The molecule has 0 aliphatic carbocycles. The van der Waals surface area contributed by atoms with Gasteiger partial charge in [-0.2, -0.15) is 0 Å². The van der Waals surface area contributed by atoms with Gasteiger partial charge in [0.25, 0.3) is 0 Å². The first-order chi connectivity index (χ1) is 11.9. The lowest BCUT2D eigenvalue weighted by molar-refractivity contribution is -0.137. The van der Waals surface area contributed by atoms with Gasteiger partial charge in [-0.3, -0.25) is 0 Å². The fraction of sp³-hybridized carbons (Fsp3) is 0.300. The van der Waals surface area contributed by atoms with Gasteiger partial charge in [-0.1, -0.05) is 26.8 Å². The number of aromatic nitrogens is 1. The van der Waals surface area contributed by atoms with Crippen molar-refractivity contribution in [2.24, 2.45) is 0 Å². The van der Waals surface area contributed by atoms with E-state index in [2.05, 4.69) is 26.2 Å². The molecule has 0 N–H and O–H groups in total. The van der Waals surface area contributed by atoms with Crippen molar-refractivity contribution in [1.29, 1.82) is 0 Å². The molecule has 0 atom stereocenters. The molecule has 0 bridgehead atoms. The third-order valence-corrected chi connectivity index (χ3v) is 4.58. The lowest BCUT2D eigenvalue weighted by Crippen LogP contribution is -2.11. The Morgan fingerprint density at radius 2 is 2.12 bits per heavy atom. The van der Waals surface area contributed by atoms with Crippen molar-refractivity contribution in [2.75, 3.05) is 6.61 Å². The Labute approximate surface area is 151 Å². The minimum Gasteiger partial charge on any atom is -0.463 e. The number of thiazole rings is 1. The Morgan fingerprint density at radius 3 is 2.80 bits per heavy atom. The van der Waals surface area contributed by atoms with E-state index in [-0.39, 0.29) is 11.4 Å². The van der Waals surface area contributed by atoms with Crippen LogP contribution in [0.5, 0.6) is 0 Å². The van der Waals surface area contributed by atoms with E-state index in [1.54, 1.807) is 24.3 Å². The Balaban J connectivity index is 1.88. The number of hydrogen-bond donors (Lipinski definition) is 0. The highest BCUT2D eigenvalue weighted by atomic mass is 32.1. The molecule has 3 rings (SSSR count). The predicted octanol–water partition coefficient (Wildman–Crippen LogP) is 5.43. The van der Waals surface area contributed by atoms with Gasteiger partial charge in [0.15, 0.2) is 10.8 Å². The standard InChI is InChI=1S/C20H21NO3S/c1-5-23-18(22)9-7-13-6-8-15-14(10-13)11-16(24-15)19-21-17(12-25-19)20(2,3)4/h6-12H,5H2,1-4H3/b9-7+. The molecule has 0 spiro atoms. The lowest BCUT2D eigenvalue weighted by atomic mass is 9.93. The van der Waals surface area contributed by atoms with Crippen molar-refractivity contribution in [2.45, 2.75) is 33.1 Å². The van der Waals surface area contributed by atoms with Gasteiger partial charge in [0.1, 0.15) is 5.58 Å². The summed E-state index contributed by atoms with van der Waals surface area (Å²) in [5, 5.41) is 3.94. The summed E-state index contributed by atoms with van der Waals surface area (Å²) >= 11 is 1.59. The van der Waals surface area contributed by atoms with Gasteiger partial charge in [-0.25, -0.2) is 9.78 Å². The lowest BCUT2D eigenvalue weighted by Gasteiger charge is -2.13. The molecule has 5 heteroatoms. The third kappa shape index (κ3) is 3.99. The van der Waals surface area contributed by atoms with Crippen molar-refractivity contribution in [3.63, 3.8) is 0 Å². The quantitative estimate of drug-likeness (QED) is 0.462. The highest BCUT2D eigenvalue weighted by Crippen LogP contribution is 2.33. The molecule has 0 unspecified atom stereocenters. The van der Waals surface area contributed by atoms with Crippen LogP contribution in [0.25, 0.3) is 27.8 Å². The van der Waals surface area contributed by atoms with Crippen LogP contribution in [0.1, 0.15) is 39.0 Å². The fourth-order valence-corrected chi connectivity index (χ4v) is 3.35. The molecule has 3 aromatic rings. The zero-order valence-electron chi connectivity index (χ0n) is 14.8. The average molecular weight is 355 g/mol. The van der Waals surface area contributed by atoms with E-state index in [0.717, 1.165) is 33.0 Å². The van der Waals surface area contributed by atoms with E-state index < -0.39 is 0 Å². The first-order valence-corrected chi connectivity index (χ1v) is 9.09. The van der Waals surface area contributed by atoms with Crippen LogP contribution in [-0.4, -0.2) is 17.6 Å². The van der Waals surface area contributed by atoms with E-state index in [1.807, 2.05) is 24.3 Å².